The molecule has 0 amide bonds. The second-order valence-corrected chi connectivity index (χ2v) is 6.49. The smallest absolute Gasteiger partial charge is 0.308 e. The second-order valence-electron chi connectivity index (χ2n) is 6.49. The summed E-state index contributed by atoms with van der Waals surface area (Å²) in [5.41, 5.74) is 1.35. The fourth-order valence-electron chi connectivity index (χ4n) is 4.43. The maximum atomic E-state index is 14.3. The van der Waals surface area contributed by atoms with Crippen LogP contribution in [0.1, 0.15) is 42.0 Å². The van der Waals surface area contributed by atoms with E-state index >= 15 is 0 Å². The van der Waals surface area contributed by atoms with E-state index in [1.165, 1.54) is 31.2 Å². The summed E-state index contributed by atoms with van der Waals surface area (Å²) in [6.45, 7) is 1.29. The molecule has 1 N–H and O–H groups in total. The molecule has 2 aliphatic rings. The zero-order chi connectivity index (χ0) is 17.1. The number of phenolic OH excluding ortho intramolecular Hbond substituents is 1. The first-order valence-corrected chi connectivity index (χ1v) is 7.95. The predicted octanol–water partition coefficient (Wildman–Crippen LogP) is 3.77. The van der Waals surface area contributed by atoms with Crippen molar-refractivity contribution in [3.05, 3.63) is 58.2 Å². The second kappa shape index (κ2) is 5.03. The molecule has 2 aromatic rings. The lowest BCUT2D eigenvalue weighted by atomic mass is 9.76. The monoisotopic (exact) mass is 330 g/mol. The zero-order valence-electron chi connectivity index (χ0n) is 13.2. The van der Waals surface area contributed by atoms with Crippen LogP contribution >= 0.6 is 0 Å². The van der Waals surface area contributed by atoms with E-state index in [1.54, 1.807) is 0 Å². The van der Waals surface area contributed by atoms with Crippen LogP contribution in [0.3, 0.4) is 0 Å². The summed E-state index contributed by atoms with van der Waals surface area (Å²) >= 11 is 0. The van der Waals surface area contributed by atoms with Crippen LogP contribution in [-0.2, 0) is 23.1 Å². The standard InChI is InChI=1S/C19H16F2O3/c1-10(22)24-16-5-3-14(21)12-7-9-19(18(12)16)8-6-11-13(20)2-4-15(23)17(11)19/h2-5,23H,6-9H2,1H3. The molecule has 0 saturated carbocycles. The average Bonchev–Trinajstić information content (AvgIpc) is 3.11. The Morgan fingerprint density at radius 1 is 1.04 bits per heavy atom. The van der Waals surface area contributed by atoms with Gasteiger partial charge >= 0.3 is 5.97 Å². The third kappa shape index (κ3) is 1.90. The number of carbonyl (C=O) groups is 1. The summed E-state index contributed by atoms with van der Waals surface area (Å²) in [6, 6.07) is 5.32. The van der Waals surface area contributed by atoms with E-state index in [2.05, 4.69) is 0 Å². The minimum atomic E-state index is -0.705. The van der Waals surface area contributed by atoms with Crippen molar-refractivity contribution in [2.45, 2.75) is 38.0 Å². The molecule has 0 fully saturated rings. The highest BCUT2D eigenvalue weighted by Crippen LogP contribution is 2.58. The number of carbonyl (C=O) groups excluding carboxylic acids is 1. The first-order chi connectivity index (χ1) is 11.4. The third-order valence-electron chi connectivity index (χ3n) is 5.27. The zero-order valence-corrected chi connectivity index (χ0v) is 13.2. The molecule has 1 unspecified atom stereocenters. The lowest BCUT2D eigenvalue weighted by molar-refractivity contribution is -0.131. The number of rotatable bonds is 1. The molecule has 1 atom stereocenters. The maximum absolute atomic E-state index is 14.3. The molecule has 0 heterocycles. The van der Waals surface area contributed by atoms with Gasteiger partial charge in [0.2, 0.25) is 0 Å². The summed E-state index contributed by atoms with van der Waals surface area (Å²) in [5.74, 6) is -0.907. The van der Waals surface area contributed by atoms with Crippen LogP contribution < -0.4 is 4.74 Å². The normalized spacial score (nSPS) is 21.0. The molecule has 0 aliphatic heterocycles. The highest BCUT2D eigenvalue weighted by molar-refractivity contribution is 5.72. The Bertz CT molecular complexity index is 871. The van der Waals surface area contributed by atoms with Crippen LogP contribution in [0.5, 0.6) is 11.5 Å². The van der Waals surface area contributed by atoms with Crippen molar-refractivity contribution in [3.8, 4) is 11.5 Å². The predicted molar refractivity (Wildman–Crippen MR) is 83.2 cm³/mol. The number of phenols is 1. The van der Waals surface area contributed by atoms with Crippen LogP contribution in [0.25, 0.3) is 0 Å². The largest absolute Gasteiger partial charge is 0.508 e. The molecule has 24 heavy (non-hydrogen) atoms. The molecular formula is C19H16F2O3. The molecule has 4 rings (SSSR count). The van der Waals surface area contributed by atoms with Crippen molar-refractivity contribution in [2.75, 3.05) is 0 Å². The minimum absolute atomic E-state index is 0.00906. The molecular weight excluding hydrogens is 314 g/mol. The highest BCUT2D eigenvalue weighted by atomic mass is 19.1. The van der Waals surface area contributed by atoms with Gasteiger partial charge in [0, 0.05) is 23.5 Å². The molecule has 0 aromatic heterocycles. The van der Waals surface area contributed by atoms with E-state index in [0.717, 1.165) is 0 Å². The van der Waals surface area contributed by atoms with Gasteiger partial charge in [-0.3, -0.25) is 4.79 Å². The van der Waals surface area contributed by atoms with Crippen molar-refractivity contribution in [1.29, 1.82) is 0 Å². The summed E-state index contributed by atoms with van der Waals surface area (Å²) < 4.78 is 33.8. The van der Waals surface area contributed by atoms with E-state index in [-0.39, 0.29) is 17.4 Å². The number of hydrogen-bond acceptors (Lipinski definition) is 3. The number of benzene rings is 2. The summed E-state index contributed by atoms with van der Waals surface area (Å²) in [4.78, 5) is 11.4. The van der Waals surface area contributed by atoms with Crippen molar-refractivity contribution in [2.24, 2.45) is 0 Å². The Labute approximate surface area is 137 Å². The van der Waals surface area contributed by atoms with Gasteiger partial charge in [-0.2, -0.15) is 0 Å². The summed E-state index contributed by atoms with van der Waals surface area (Å²) in [5, 5.41) is 10.4. The van der Waals surface area contributed by atoms with E-state index in [9.17, 15) is 18.7 Å². The van der Waals surface area contributed by atoms with Gasteiger partial charge in [0.05, 0.1) is 0 Å². The number of hydrogen-bond donors (Lipinski definition) is 1. The lowest BCUT2D eigenvalue weighted by Crippen LogP contribution is -2.23. The summed E-state index contributed by atoms with van der Waals surface area (Å²) in [6.07, 6.45) is 2.04. The Morgan fingerprint density at radius 3 is 2.25 bits per heavy atom. The molecule has 2 aromatic carbocycles. The Kier molecular flexibility index (Phi) is 3.17. The number of ether oxygens (including phenoxy) is 1. The van der Waals surface area contributed by atoms with Gasteiger partial charge in [-0.25, -0.2) is 8.78 Å². The number of aromatic hydroxyl groups is 1. The first kappa shape index (κ1) is 15.1. The number of esters is 1. The van der Waals surface area contributed by atoms with Gasteiger partial charge in [0.1, 0.15) is 23.1 Å². The minimum Gasteiger partial charge on any atom is -0.508 e. The Morgan fingerprint density at radius 2 is 1.62 bits per heavy atom. The van der Waals surface area contributed by atoms with Crippen LogP contribution in [0.4, 0.5) is 8.78 Å². The van der Waals surface area contributed by atoms with Gasteiger partial charge < -0.3 is 9.84 Å². The molecule has 0 saturated heterocycles. The van der Waals surface area contributed by atoms with Crippen LogP contribution in [-0.4, -0.2) is 11.1 Å². The average molecular weight is 330 g/mol. The number of fused-ring (bicyclic) bond motifs is 4. The quantitative estimate of drug-likeness (QED) is 0.639. The first-order valence-electron chi connectivity index (χ1n) is 7.95. The fourth-order valence-corrected chi connectivity index (χ4v) is 4.43. The summed E-state index contributed by atoms with van der Waals surface area (Å²) in [7, 11) is 0. The van der Waals surface area contributed by atoms with Crippen molar-refractivity contribution < 1.29 is 23.4 Å². The Hall–Kier alpha value is -2.43. The van der Waals surface area contributed by atoms with Crippen molar-refractivity contribution in [3.63, 3.8) is 0 Å². The van der Waals surface area contributed by atoms with Crippen LogP contribution in [0.2, 0.25) is 0 Å². The molecule has 3 nitrogen and oxygen atoms in total. The molecule has 0 bridgehead atoms. The van der Waals surface area contributed by atoms with Gasteiger partial charge in [-0.05, 0) is 61.1 Å². The van der Waals surface area contributed by atoms with Gasteiger partial charge in [-0.15, -0.1) is 0 Å². The van der Waals surface area contributed by atoms with Crippen LogP contribution in [0, 0.1) is 11.6 Å². The topological polar surface area (TPSA) is 46.5 Å². The van der Waals surface area contributed by atoms with Crippen molar-refractivity contribution >= 4 is 5.97 Å². The van der Waals surface area contributed by atoms with Crippen molar-refractivity contribution in [1.82, 2.24) is 0 Å². The molecule has 0 radical (unpaired) electrons. The fraction of sp³-hybridized carbons (Fsp3) is 0.316. The van der Waals surface area contributed by atoms with Crippen LogP contribution in [0.15, 0.2) is 24.3 Å². The lowest BCUT2D eigenvalue weighted by Gasteiger charge is -2.28. The molecule has 5 heteroatoms. The van der Waals surface area contributed by atoms with E-state index in [1.807, 2.05) is 0 Å². The van der Waals surface area contributed by atoms with E-state index in [4.69, 9.17) is 4.74 Å². The number of halogens is 2. The SMILES string of the molecule is CC(=O)Oc1ccc(F)c2c1C1(CCc3c(F)ccc(O)c31)CC2. The highest BCUT2D eigenvalue weighted by Gasteiger charge is 2.50. The Balaban J connectivity index is 2.01. The van der Waals surface area contributed by atoms with Gasteiger partial charge in [0.25, 0.3) is 0 Å². The van der Waals surface area contributed by atoms with Gasteiger partial charge in [0.15, 0.2) is 0 Å². The van der Waals surface area contributed by atoms with E-state index in [0.29, 0.717) is 53.7 Å². The van der Waals surface area contributed by atoms with E-state index < -0.39 is 11.4 Å². The van der Waals surface area contributed by atoms with Gasteiger partial charge in [-0.1, -0.05) is 0 Å². The molecule has 1 spiro atoms. The maximum Gasteiger partial charge on any atom is 0.308 e. The molecule has 2 aliphatic carbocycles. The molecule has 124 valence electrons. The third-order valence-corrected chi connectivity index (χ3v) is 5.27.